The lowest BCUT2D eigenvalue weighted by atomic mass is 10.1. The van der Waals surface area contributed by atoms with Crippen molar-refractivity contribution in [1.29, 1.82) is 0 Å². The number of fused-ring (bicyclic) bond motifs is 1. The molecule has 2 aromatic carbocycles. The van der Waals surface area contributed by atoms with Crippen molar-refractivity contribution in [2.24, 2.45) is 5.14 Å². The predicted molar refractivity (Wildman–Crippen MR) is 101 cm³/mol. The van der Waals surface area contributed by atoms with E-state index in [0.717, 1.165) is 5.56 Å². The summed E-state index contributed by atoms with van der Waals surface area (Å²) in [7, 11) is -3.76. The van der Waals surface area contributed by atoms with Gasteiger partial charge in [-0.2, -0.15) is 0 Å². The summed E-state index contributed by atoms with van der Waals surface area (Å²) in [5.74, 6) is -0.422. The first-order valence-electron chi connectivity index (χ1n) is 8.31. The van der Waals surface area contributed by atoms with Crippen LogP contribution in [-0.2, 0) is 30.9 Å². The van der Waals surface area contributed by atoms with Gasteiger partial charge in [0.25, 0.3) is 5.91 Å². The second kappa shape index (κ2) is 8.24. The highest BCUT2D eigenvalue weighted by molar-refractivity contribution is 7.89. The number of primary sulfonamides is 1. The zero-order chi connectivity index (χ0) is 20.1. The second-order valence-corrected chi connectivity index (χ2v) is 7.60. The lowest BCUT2D eigenvalue weighted by Crippen LogP contribution is -2.29. The summed E-state index contributed by atoms with van der Waals surface area (Å²) in [5, 5.41) is 7.61. The Morgan fingerprint density at radius 2 is 1.82 bits per heavy atom. The van der Waals surface area contributed by atoms with Crippen molar-refractivity contribution in [1.82, 2.24) is 5.32 Å². The van der Waals surface area contributed by atoms with Crippen LogP contribution in [0.4, 0.5) is 0 Å². The molecule has 0 spiro atoms. The maximum atomic E-state index is 12.1. The third-order valence-corrected chi connectivity index (χ3v) is 4.90. The number of ether oxygens (including phenoxy) is 2. The monoisotopic (exact) mass is 402 g/mol. The van der Waals surface area contributed by atoms with Gasteiger partial charge in [-0.05, 0) is 29.8 Å². The number of hydrogen-bond acceptors (Lipinski definition) is 6. The molecule has 0 unspecified atom stereocenters. The van der Waals surface area contributed by atoms with Crippen LogP contribution in [-0.4, -0.2) is 33.5 Å². The topological polar surface area (TPSA) is 125 Å². The molecular formula is C19H18N2O6S. The van der Waals surface area contributed by atoms with E-state index in [9.17, 15) is 18.0 Å². The zero-order valence-corrected chi connectivity index (χ0v) is 15.6. The fraction of sp³-hybridized carbons (Fsp3) is 0.158. The molecule has 0 aromatic heterocycles. The Hall–Kier alpha value is -3.17. The van der Waals surface area contributed by atoms with Gasteiger partial charge < -0.3 is 14.8 Å². The van der Waals surface area contributed by atoms with Crippen molar-refractivity contribution < 1.29 is 27.5 Å². The first-order chi connectivity index (χ1) is 13.3. The van der Waals surface area contributed by atoms with Gasteiger partial charge in [-0.25, -0.2) is 18.4 Å². The molecular weight excluding hydrogens is 384 g/mol. The molecule has 28 heavy (non-hydrogen) atoms. The van der Waals surface area contributed by atoms with Crippen LogP contribution in [0.3, 0.4) is 0 Å². The molecule has 3 rings (SSSR count). The van der Waals surface area contributed by atoms with E-state index in [0.29, 0.717) is 16.9 Å². The Morgan fingerprint density at radius 1 is 1.11 bits per heavy atom. The number of carbonyl (C=O) groups is 2. The molecule has 0 bridgehead atoms. The highest BCUT2D eigenvalue weighted by Crippen LogP contribution is 2.26. The predicted octanol–water partition coefficient (Wildman–Crippen LogP) is 0.969. The van der Waals surface area contributed by atoms with Crippen LogP contribution >= 0.6 is 0 Å². The van der Waals surface area contributed by atoms with Crippen LogP contribution in [0, 0.1) is 0 Å². The van der Waals surface area contributed by atoms with Gasteiger partial charge in [-0.15, -0.1) is 0 Å². The van der Waals surface area contributed by atoms with E-state index in [-0.39, 0.29) is 18.0 Å². The van der Waals surface area contributed by atoms with Crippen LogP contribution in [0.15, 0.2) is 59.0 Å². The summed E-state index contributed by atoms with van der Waals surface area (Å²) >= 11 is 0. The van der Waals surface area contributed by atoms with E-state index >= 15 is 0 Å². The van der Waals surface area contributed by atoms with E-state index in [1.54, 1.807) is 12.1 Å². The molecule has 1 amide bonds. The van der Waals surface area contributed by atoms with Crippen LogP contribution in [0.5, 0.6) is 5.75 Å². The summed E-state index contributed by atoms with van der Waals surface area (Å²) < 4.78 is 32.9. The van der Waals surface area contributed by atoms with E-state index in [4.69, 9.17) is 14.6 Å². The Bertz CT molecular complexity index is 1030. The Morgan fingerprint density at radius 3 is 2.54 bits per heavy atom. The van der Waals surface area contributed by atoms with Crippen molar-refractivity contribution in [2.45, 2.75) is 11.4 Å². The summed E-state index contributed by atoms with van der Waals surface area (Å²) in [6.07, 6.45) is 1.67. The van der Waals surface area contributed by atoms with Crippen molar-refractivity contribution in [3.63, 3.8) is 0 Å². The van der Waals surface area contributed by atoms with Gasteiger partial charge in [-0.3, -0.25) is 4.79 Å². The average Bonchev–Trinajstić information content (AvgIpc) is 2.69. The molecule has 0 atom stereocenters. The summed E-state index contributed by atoms with van der Waals surface area (Å²) in [6.45, 7) is -0.207. The Balaban J connectivity index is 1.48. The molecule has 0 radical (unpaired) electrons. The molecule has 1 aliphatic rings. The largest absolute Gasteiger partial charge is 0.488 e. The molecule has 1 heterocycles. The van der Waals surface area contributed by atoms with E-state index in [2.05, 4.69) is 5.32 Å². The third kappa shape index (κ3) is 4.96. The SMILES string of the molecule is NS(=O)(=O)c1ccc(CNC(=O)COC(=O)C2=Cc3ccccc3OC2)cc1. The number of nitrogens with one attached hydrogen (secondary N) is 1. The highest BCUT2D eigenvalue weighted by Gasteiger charge is 2.19. The van der Waals surface area contributed by atoms with E-state index in [1.165, 1.54) is 24.3 Å². The average molecular weight is 402 g/mol. The number of para-hydroxylation sites is 1. The number of rotatable bonds is 6. The van der Waals surface area contributed by atoms with Crippen molar-refractivity contribution in [2.75, 3.05) is 13.2 Å². The van der Waals surface area contributed by atoms with Crippen molar-refractivity contribution >= 4 is 28.0 Å². The molecule has 1 aliphatic heterocycles. The lowest BCUT2D eigenvalue weighted by molar-refractivity contribution is -0.145. The standard InChI is InChI=1S/C19H18N2O6S/c20-28(24,25)16-7-5-13(6-8-16)10-21-18(22)12-27-19(23)15-9-14-3-1-2-4-17(14)26-11-15/h1-9H,10-12H2,(H,21,22)(H2,20,24,25). The summed E-state index contributed by atoms with van der Waals surface area (Å²) in [5.41, 5.74) is 1.77. The number of amides is 1. The van der Waals surface area contributed by atoms with Gasteiger partial charge >= 0.3 is 5.97 Å². The van der Waals surface area contributed by atoms with E-state index < -0.39 is 28.5 Å². The molecule has 0 fully saturated rings. The molecule has 3 N–H and O–H groups in total. The van der Waals surface area contributed by atoms with Gasteiger partial charge in [-0.1, -0.05) is 30.3 Å². The summed E-state index contributed by atoms with van der Waals surface area (Å²) in [6, 6.07) is 13.1. The van der Waals surface area contributed by atoms with Crippen molar-refractivity contribution in [3.8, 4) is 5.75 Å². The molecule has 8 nitrogen and oxygen atoms in total. The number of benzene rings is 2. The normalized spacial score (nSPS) is 13.0. The van der Waals surface area contributed by atoms with Crippen LogP contribution in [0.2, 0.25) is 0 Å². The Labute approximate surface area is 162 Å². The van der Waals surface area contributed by atoms with Gasteiger partial charge in [0, 0.05) is 12.1 Å². The number of sulfonamides is 1. The second-order valence-electron chi connectivity index (χ2n) is 6.04. The number of hydrogen-bond donors (Lipinski definition) is 2. The van der Waals surface area contributed by atoms with Crippen LogP contribution < -0.4 is 15.2 Å². The fourth-order valence-electron chi connectivity index (χ4n) is 2.51. The van der Waals surface area contributed by atoms with Gasteiger partial charge in [0.2, 0.25) is 10.0 Å². The third-order valence-electron chi connectivity index (χ3n) is 3.97. The number of nitrogens with two attached hydrogens (primary N) is 1. The highest BCUT2D eigenvalue weighted by atomic mass is 32.2. The minimum absolute atomic E-state index is 0.0129. The quantitative estimate of drug-likeness (QED) is 0.694. The lowest BCUT2D eigenvalue weighted by Gasteiger charge is -2.16. The van der Waals surface area contributed by atoms with Crippen molar-refractivity contribution in [3.05, 3.63) is 65.2 Å². The molecule has 2 aromatic rings. The first kappa shape index (κ1) is 19.6. The number of carbonyl (C=O) groups excluding carboxylic acids is 2. The number of esters is 1. The first-order valence-corrected chi connectivity index (χ1v) is 9.85. The van der Waals surface area contributed by atoms with Gasteiger partial charge in [0.15, 0.2) is 6.61 Å². The van der Waals surface area contributed by atoms with Gasteiger partial charge in [0.05, 0.1) is 10.5 Å². The molecule has 9 heteroatoms. The zero-order valence-electron chi connectivity index (χ0n) is 14.8. The fourth-order valence-corrected chi connectivity index (χ4v) is 3.02. The Kier molecular flexibility index (Phi) is 5.76. The van der Waals surface area contributed by atoms with Gasteiger partial charge in [0.1, 0.15) is 12.4 Å². The molecule has 0 saturated heterocycles. The smallest absolute Gasteiger partial charge is 0.338 e. The molecule has 146 valence electrons. The molecule has 0 saturated carbocycles. The van der Waals surface area contributed by atoms with Crippen LogP contribution in [0.25, 0.3) is 6.08 Å². The van der Waals surface area contributed by atoms with Crippen LogP contribution in [0.1, 0.15) is 11.1 Å². The maximum absolute atomic E-state index is 12.1. The summed E-state index contributed by atoms with van der Waals surface area (Å²) in [4.78, 5) is 24.0. The van der Waals surface area contributed by atoms with E-state index in [1.807, 2.05) is 18.2 Å². The minimum Gasteiger partial charge on any atom is -0.488 e. The molecule has 0 aliphatic carbocycles. The minimum atomic E-state index is -3.76. The maximum Gasteiger partial charge on any atom is 0.338 e.